The maximum Gasteiger partial charge on any atom is 0.288 e. The number of nitrogens with zero attached hydrogens (tertiary/aromatic N) is 2. The number of benzene rings is 2. The van der Waals surface area contributed by atoms with Crippen LogP contribution < -0.4 is 5.32 Å². The van der Waals surface area contributed by atoms with E-state index in [1.807, 2.05) is 0 Å². The number of hydrogen-bond donors (Lipinski definition) is 1. The zero-order chi connectivity index (χ0) is 19.2. The van der Waals surface area contributed by atoms with Crippen molar-refractivity contribution in [2.45, 2.75) is 22.3 Å². The third-order valence-electron chi connectivity index (χ3n) is 3.57. The van der Waals surface area contributed by atoms with Crippen LogP contribution >= 0.6 is 23.5 Å². The van der Waals surface area contributed by atoms with Crippen molar-refractivity contribution in [2.75, 3.05) is 0 Å². The number of thioether (sulfide) groups is 2. The van der Waals surface area contributed by atoms with E-state index < -0.39 is 5.76 Å². The average molecular weight is 409 g/mol. The Bertz CT molecular complexity index is 855. The topological polar surface area (TPSA) is 53.8 Å². The molecular formula is C18H14F3N3OS2. The lowest BCUT2D eigenvalue weighted by molar-refractivity contribution is -0.118. The number of nitrogens with one attached hydrogen (secondary N) is 1. The Morgan fingerprint density at radius 3 is 2.52 bits per heavy atom. The van der Waals surface area contributed by atoms with E-state index in [-0.39, 0.29) is 17.0 Å². The summed E-state index contributed by atoms with van der Waals surface area (Å²) in [6, 6.07) is 12.5. The van der Waals surface area contributed by atoms with E-state index in [4.69, 9.17) is 0 Å². The van der Waals surface area contributed by atoms with Gasteiger partial charge in [-0.2, -0.15) is 13.9 Å². The van der Waals surface area contributed by atoms with E-state index in [0.29, 0.717) is 33.8 Å². The van der Waals surface area contributed by atoms with E-state index in [1.54, 1.807) is 36.4 Å². The van der Waals surface area contributed by atoms with Gasteiger partial charge in [0.15, 0.2) is 5.17 Å². The van der Waals surface area contributed by atoms with E-state index in [2.05, 4.69) is 15.5 Å². The molecular weight excluding hydrogens is 395 g/mol. The highest BCUT2D eigenvalue weighted by atomic mass is 32.2. The van der Waals surface area contributed by atoms with E-state index >= 15 is 0 Å². The second-order valence-corrected chi connectivity index (χ2v) is 7.78. The molecule has 1 unspecified atom stereocenters. The number of amides is 1. The Balaban J connectivity index is 1.57. The van der Waals surface area contributed by atoms with Gasteiger partial charge in [0, 0.05) is 4.90 Å². The van der Waals surface area contributed by atoms with Crippen LogP contribution in [0.5, 0.6) is 0 Å². The van der Waals surface area contributed by atoms with Gasteiger partial charge in [-0.3, -0.25) is 4.79 Å². The fourth-order valence-electron chi connectivity index (χ4n) is 2.30. The molecule has 1 fully saturated rings. The summed E-state index contributed by atoms with van der Waals surface area (Å²) in [5, 5.41) is 10.5. The number of hydrogen-bond acceptors (Lipinski definition) is 5. The number of amidine groups is 1. The Labute approximate surface area is 162 Å². The Morgan fingerprint density at radius 1 is 1.15 bits per heavy atom. The van der Waals surface area contributed by atoms with Crippen molar-refractivity contribution in [3.05, 3.63) is 65.5 Å². The molecule has 2 aromatic rings. The molecule has 0 aliphatic carbocycles. The minimum atomic E-state index is -2.46. The molecule has 0 spiro atoms. The first kappa shape index (κ1) is 19.5. The lowest BCUT2D eigenvalue weighted by Gasteiger charge is -2.06. The van der Waals surface area contributed by atoms with E-state index in [9.17, 15) is 18.0 Å². The van der Waals surface area contributed by atoms with Crippen molar-refractivity contribution in [3.63, 3.8) is 0 Å². The van der Waals surface area contributed by atoms with Crippen LogP contribution in [0.4, 0.5) is 13.2 Å². The van der Waals surface area contributed by atoms with Crippen LogP contribution in [0.25, 0.3) is 0 Å². The normalized spacial score (nSPS) is 18.6. The summed E-state index contributed by atoms with van der Waals surface area (Å²) >= 11 is 1.74. The van der Waals surface area contributed by atoms with Crippen LogP contribution in [0.1, 0.15) is 11.1 Å². The molecule has 3 rings (SSSR count). The molecule has 1 heterocycles. The highest BCUT2D eigenvalue weighted by Crippen LogP contribution is 2.27. The fraction of sp³-hybridized carbons (Fsp3) is 0.167. The molecule has 27 heavy (non-hydrogen) atoms. The van der Waals surface area contributed by atoms with Crippen molar-refractivity contribution in [2.24, 2.45) is 10.2 Å². The van der Waals surface area contributed by atoms with Crippen molar-refractivity contribution >= 4 is 40.8 Å². The molecule has 1 N–H and O–H groups in total. The minimum Gasteiger partial charge on any atom is -0.303 e. The van der Waals surface area contributed by atoms with Crippen molar-refractivity contribution in [1.82, 2.24) is 5.32 Å². The van der Waals surface area contributed by atoms with Gasteiger partial charge in [0.1, 0.15) is 5.82 Å². The summed E-state index contributed by atoms with van der Waals surface area (Å²) in [7, 11) is 0. The summed E-state index contributed by atoms with van der Waals surface area (Å²) in [5.41, 5.74) is 1.56. The molecule has 9 heteroatoms. The maximum absolute atomic E-state index is 12.8. The quantitative estimate of drug-likeness (QED) is 0.440. The van der Waals surface area contributed by atoms with Crippen LogP contribution in [0.15, 0.2) is 63.6 Å². The largest absolute Gasteiger partial charge is 0.303 e. The van der Waals surface area contributed by atoms with Crippen LogP contribution in [0.3, 0.4) is 0 Å². The van der Waals surface area contributed by atoms with Crippen molar-refractivity contribution in [3.8, 4) is 0 Å². The lowest BCUT2D eigenvalue weighted by Crippen LogP contribution is -2.25. The summed E-state index contributed by atoms with van der Waals surface area (Å²) in [6.07, 6.45) is 1.92. The van der Waals surface area contributed by atoms with Crippen LogP contribution in [0.2, 0.25) is 0 Å². The number of rotatable bonds is 6. The molecule has 1 aliphatic rings. The summed E-state index contributed by atoms with van der Waals surface area (Å²) in [4.78, 5) is 12.5. The second kappa shape index (κ2) is 9.09. The van der Waals surface area contributed by atoms with E-state index in [0.717, 1.165) is 5.56 Å². The van der Waals surface area contributed by atoms with Gasteiger partial charge < -0.3 is 5.32 Å². The number of halogens is 3. The third kappa shape index (κ3) is 5.86. The lowest BCUT2D eigenvalue weighted by atomic mass is 10.1. The van der Waals surface area contributed by atoms with Gasteiger partial charge >= 0.3 is 0 Å². The van der Waals surface area contributed by atoms with Gasteiger partial charge in [0.25, 0.3) is 5.76 Å². The molecule has 1 aliphatic heterocycles. The van der Waals surface area contributed by atoms with Crippen LogP contribution in [0, 0.1) is 5.82 Å². The minimum absolute atomic E-state index is 0.179. The van der Waals surface area contributed by atoms with Gasteiger partial charge in [-0.25, -0.2) is 4.39 Å². The van der Waals surface area contributed by atoms with Crippen LogP contribution in [-0.4, -0.2) is 28.3 Å². The molecule has 1 amide bonds. The van der Waals surface area contributed by atoms with Crippen LogP contribution in [-0.2, 0) is 11.2 Å². The summed E-state index contributed by atoms with van der Waals surface area (Å²) < 4.78 is 37.5. The molecule has 4 nitrogen and oxygen atoms in total. The highest BCUT2D eigenvalue weighted by Gasteiger charge is 2.30. The average Bonchev–Trinajstić information content (AvgIpc) is 2.97. The standard InChI is InChI=1S/C18H14F3N3OS2/c19-13-5-1-12(2-6-13)10-22-24-18-23-16(25)15(27-18)9-11-3-7-14(8-4-11)26-17(20)21/h1-8,10,15,17H,9H2,(H,23,24,25)/b22-10+. The summed E-state index contributed by atoms with van der Waals surface area (Å²) in [6.45, 7) is 0. The second-order valence-electron chi connectivity index (χ2n) is 5.52. The van der Waals surface area contributed by atoms with Gasteiger partial charge in [0.2, 0.25) is 5.91 Å². The Hall–Kier alpha value is -2.26. The Kier molecular flexibility index (Phi) is 6.57. The highest BCUT2D eigenvalue weighted by molar-refractivity contribution is 8.15. The number of carbonyl (C=O) groups is 1. The zero-order valence-electron chi connectivity index (χ0n) is 13.8. The SMILES string of the molecule is O=C1N/C(=N/N=C/c2ccc(F)cc2)SC1Cc1ccc(SC(F)F)cc1. The molecule has 1 atom stereocenters. The first-order valence-corrected chi connectivity index (χ1v) is 9.63. The first-order chi connectivity index (χ1) is 13.0. The summed E-state index contributed by atoms with van der Waals surface area (Å²) in [5.74, 6) is -2.97. The van der Waals surface area contributed by atoms with Gasteiger partial charge in [-0.1, -0.05) is 47.8 Å². The molecule has 0 saturated carbocycles. The smallest absolute Gasteiger partial charge is 0.288 e. The predicted molar refractivity (Wildman–Crippen MR) is 103 cm³/mol. The monoisotopic (exact) mass is 409 g/mol. The van der Waals surface area contributed by atoms with Gasteiger partial charge in [-0.05, 0) is 41.8 Å². The molecule has 0 bridgehead atoms. The first-order valence-electron chi connectivity index (χ1n) is 7.87. The van der Waals surface area contributed by atoms with Gasteiger partial charge in [-0.15, -0.1) is 5.10 Å². The molecule has 0 aromatic heterocycles. The Morgan fingerprint density at radius 2 is 1.85 bits per heavy atom. The third-order valence-corrected chi connectivity index (χ3v) is 5.37. The van der Waals surface area contributed by atoms with Gasteiger partial charge in [0.05, 0.1) is 11.5 Å². The molecule has 2 aromatic carbocycles. The number of alkyl halides is 2. The van der Waals surface area contributed by atoms with Crippen molar-refractivity contribution < 1.29 is 18.0 Å². The predicted octanol–water partition coefficient (Wildman–Crippen LogP) is 4.30. The molecule has 1 saturated heterocycles. The molecule has 140 valence electrons. The van der Waals surface area contributed by atoms with E-state index in [1.165, 1.54) is 30.1 Å². The number of carbonyl (C=O) groups excluding carboxylic acids is 1. The zero-order valence-corrected chi connectivity index (χ0v) is 15.4. The van der Waals surface area contributed by atoms with Crippen molar-refractivity contribution in [1.29, 1.82) is 0 Å². The molecule has 0 radical (unpaired) electrons. The maximum atomic E-state index is 12.8. The fourth-order valence-corrected chi connectivity index (χ4v) is 3.77.